The molecule has 0 aromatic heterocycles. The third-order valence-electron chi connectivity index (χ3n) is 6.47. The van der Waals surface area contributed by atoms with Crippen molar-refractivity contribution in [3.63, 3.8) is 0 Å². The van der Waals surface area contributed by atoms with E-state index in [1.165, 1.54) is 40.7 Å². The molecule has 0 bridgehead atoms. The first-order chi connectivity index (χ1) is 16.1. The lowest BCUT2D eigenvalue weighted by Crippen LogP contribution is -2.36. The molecule has 2 atom stereocenters. The molecule has 1 heterocycles. The SMILES string of the molecule is C/C=C(/NCCOC)N1C=C(C2=C(c3cccc(C4CC4)c3)CC(C)C=C2)C=CC1C.CC. The average molecular weight is 447 g/mol. The molecule has 1 aliphatic heterocycles. The predicted molar refractivity (Wildman–Crippen MR) is 142 cm³/mol. The summed E-state index contributed by atoms with van der Waals surface area (Å²) in [5.74, 6) is 2.46. The molecule has 0 spiro atoms. The van der Waals surface area contributed by atoms with Gasteiger partial charge in [0.1, 0.15) is 5.82 Å². The molecule has 3 heteroatoms. The Bertz CT molecular complexity index is 946. The molecule has 1 saturated carbocycles. The minimum atomic E-state index is 0.304. The molecule has 0 amide bonds. The molecule has 3 nitrogen and oxygen atoms in total. The highest BCUT2D eigenvalue weighted by atomic mass is 16.5. The van der Waals surface area contributed by atoms with Crippen LogP contribution in [0.3, 0.4) is 0 Å². The zero-order chi connectivity index (χ0) is 23.8. The second kappa shape index (κ2) is 12.1. The Morgan fingerprint density at radius 2 is 1.94 bits per heavy atom. The summed E-state index contributed by atoms with van der Waals surface area (Å²) in [5.41, 5.74) is 7.00. The fourth-order valence-electron chi connectivity index (χ4n) is 4.52. The fraction of sp³-hybridized carbons (Fsp3) is 0.467. The summed E-state index contributed by atoms with van der Waals surface area (Å²) in [6.07, 6.45) is 17.5. The van der Waals surface area contributed by atoms with Crippen LogP contribution in [0.5, 0.6) is 0 Å². The molecule has 2 unspecified atom stereocenters. The van der Waals surface area contributed by atoms with Crippen LogP contribution in [0.15, 0.2) is 77.8 Å². The molecule has 2 aliphatic carbocycles. The number of ether oxygens (including phenoxy) is 1. The first-order valence-corrected chi connectivity index (χ1v) is 12.7. The van der Waals surface area contributed by atoms with E-state index >= 15 is 0 Å². The quantitative estimate of drug-likeness (QED) is 0.428. The number of allylic oxidation sites excluding steroid dienone is 7. The van der Waals surface area contributed by atoms with Crippen LogP contribution < -0.4 is 5.32 Å². The lowest BCUT2D eigenvalue weighted by molar-refractivity contribution is 0.198. The van der Waals surface area contributed by atoms with Crippen LogP contribution in [0, 0.1) is 5.92 Å². The predicted octanol–water partition coefficient (Wildman–Crippen LogP) is 7.18. The van der Waals surface area contributed by atoms with Gasteiger partial charge in [0.25, 0.3) is 0 Å². The number of nitrogens with zero attached hydrogens (tertiary/aromatic N) is 1. The highest BCUT2D eigenvalue weighted by molar-refractivity contribution is 5.78. The normalized spacial score (nSPS) is 22.7. The van der Waals surface area contributed by atoms with Crippen molar-refractivity contribution in [2.45, 2.75) is 65.8 Å². The summed E-state index contributed by atoms with van der Waals surface area (Å²) < 4.78 is 5.22. The highest BCUT2D eigenvalue weighted by Crippen LogP contribution is 2.42. The first-order valence-electron chi connectivity index (χ1n) is 12.7. The summed E-state index contributed by atoms with van der Waals surface area (Å²) in [6.45, 7) is 12.1. The first kappa shape index (κ1) is 25.1. The van der Waals surface area contributed by atoms with Crippen LogP contribution in [0.2, 0.25) is 0 Å². The fourth-order valence-corrected chi connectivity index (χ4v) is 4.52. The van der Waals surface area contributed by atoms with Gasteiger partial charge in [-0.3, -0.25) is 0 Å². The van der Waals surface area contributed by atoms with E-state index < -0.39 is 0 Å². The van der Waals surface area contributed by atoms with Crippen LogP contribution in [0.4, 0.5) is 0 Å². The van der Waals surface area contributed by atoms with E-state index in [2.05, 4.69) is 91.8 Å². The molecule has 0 radical (unpaired) electrons. The molecule has 0 saturated heterocycles. The van der Waals surface area contributed by atoms with Gasteiger partial charge in [0.15, 0.2) is 0 Å². The average Bonchev–Trinajstić information content (AvgIpc) is 3.70. The minimum Gasteiger partial charge on any atom is -0.383 e. The number of hydrogen-bond donors (Lipinski definition) is 1. The molecule has 3 aliphatic rings. The van der Waals surface area contributed by atoms with Gasteiger partial charge in [0, 0.05) is 19.9 Å². The monoisotopic (exact) mass is 446 g/mol. The van der Waals surface area contributed by atoms with Gasteiger partial charge in [-0.2, -0.15) is 0 Å². The van der Waals surface area contributed by atoms with E-state index in [4.69, 9.17) is 4.74 Å². The Morgan fingerprint density at radius 1 is 1.15 bits per heavy atom. The van der Waals surface area contributed by atoms with Gasteiger partial charge in [0.2, 0.25) is 0 Å². The Kier molecular flexibility index (Phi) is 9.20. The maximum atomic E-state index is 5.22. The number of hydrogen-bond acceptors (Lipinski definition) is 3. The van der Waals surface area contributed by atoms with Gasteiger partial charge in [0.05, 0.1) is 12.6 Å². The number of benzene rings is 1. The summed E-state index contributed by atoms with van der Waals surface area (Å²) in [4.78, 5) is 2.34. The molecule has 1 N–H and O–H groups in total. The molecule has 4 rings (SSSR count). The van der Waals surface area contributed by atoms with E-state index in [0.29, 0.717) is 18.6 Å². The second-order valence-electron chi connectivity index (χ2n) is 9.02. The lowest BCUT2D eigenvalue weighted by Gasteiger charge is -2.33. The Labute approximate surface area is 201 Å². The summed E-state index contributed by atoms with van der Waals surface area (Å²) in [5, 5.41) is 3.52. The highest BCUT2D eigenvalue weighted by Gasteiger charge is 2.25. The Morgan fingerprint density at radius 3 is 2.64 bits per heavy atom. The van der Waals surface area contributed by atoms with Crippen LogP contribution in [0.1, 0.15) is 70.9 Å². The minimum absolute atomic E-state index is 0.304. The summed E-state index contributed by atoms with van der Waals surface area (Å²) in [7, 11) is 1.74. The molecule has 1 aromatic rings. The summed E-state index contributed by atoms with van der Waals surface area (Å²) >= 11 is 0. The van der Waals surface area contributed by atoms with E-state index in [-0.39, 0.29) is 0 Å². The third-order valence-corrected chi connectivity index (χ3v) is 6.47. The summed E-state index contributed by atoms with van der Waals surface area (Å²) in [6, 6.07) is 9.59. The van der Waals surface area contributed by atoms with Crippen LogP contribution in [-0.4, -0.2) is 31.2 Å². The van der Waals surface area contributed by atoms with Crippen LogP contribution in [-0.2, 0) is 4.74 Å². The van der Waals surface area contributed by atoms with E-state index in [1.807, 2.05) is 13.8 Å². The van der Waals surface area contributed by atoms with Crippen molar-refractivity contribution in [2.24, 2.45) is 5.92 Å². The number of rotatable bonds is 8. The second-order valence-corrected chi connectivity index (χ2v) is 9.02. The number of methoxy groups -OCH3 is 1. The smallest absolute Gasteiger partial charge is 0.102 e. The molecule has 178 valence electrons. The van der Waals surface area contributed by atoms with Crippen LogP contribution in [0.25, 0.3) is 5.57 Å². The van der Waals surface area contributed by atoms with Crippen molar-refractivity contribution < 1.29 is 4.74 Å². The zero-order valence-electron chi connectivity index (χ0n) is 21.4. The molecular formula is C30H42N2O. The molecule has 1 fully saturated rings. The van der Waals surface area contributed by atoms with Gasteiger partial charge in [-0.25, -0.2) is 0 Å². The Balaban J connectivity index is 0.00000149. The maximum Gasteiger partial charge on any atom is 0.102 e. The van der Waals surface area contributed by atoms with Crippen molar-refractivity contribution in [3.8, 4) is 0 Å². The number of nitrogens with one attached hydrogen (secondary N) is 1. The third kappa shape index (κ3) is 6.29. The van der Waals surface area contributed by atoms with Crippen molar-refractivity contribution in [1.82, 2.24) is 10.2 Å². The van der Waals surface area contributed by atoms with Gasteiger partial charge in [-0.15, -0.1) is 0 Å². The zero-order valence-corrected chi connectivity index (χ0v) is 21.4. The van der Waals surface area contributed by atoms with Crippen molar-refractivity contribution in [3.05, 3.63) is 88.9 Å². The van der Waals surface area contributed by atoms with E-state index in [9.17, 15) is 0 Å². The van der Waals surface area contributed by atoms with Crippen molar-refractivity contribution >= 4 is 5.57 Å². The lowest BCUT2D eigenvalue weighted by atomic mass is 9.82. The standard InChI is InChI=1S/C28H36N2O.C2H6/c1-5-28(29-15-16-31-4)30-19-25(11-10-21(30)3)26-14-9-20(2)17-27(26)24-8-6-7-23(18-24)22-12-13-22;1-2/h5-11,14,18-22,29H,12-13,15-17H2,1-4H3;1-2H3/b28-5-;. The van der Waals surface area contributed by atoms with Gasteiger partial charge < -0.3 is 15.0 Å². The van der Waals surface area contributed by atoms with E-state index in [1.54, 1.807) is 7.11 Å². The van der Waals surface area contributed by atoms with Crippen LogP contribution >= 0.6 is 0 Å². The molecule has 33 heavy (non-hydrogen) atoms. The van der Waals surface area contributed by atoms with E-state index in [0.717, 1.165) is 24.7 Å². The topological polar surface area (TPSA) is 24.5 Å². The maximum absolute atomic E-state index is 5.22. The largest absolute Gasteiger partial charge is 0.383 e. The molecular weight excluding hydrogens is 404 g/mol. The van der Waals surface area contributed by atoms with Crippen molar-refractivity contribution in [1.29, 1.82) is 0 Å². The van der Waals surface area contributed by atoms with Gasteiger partial charge >= 0.3 is 0 Å². The molecule has 1 aromatic carbocycles. The van der Waals surface area contributed by atoms with Crippen molar-refractivity contribution in [2.75, 3.05) is 20.3 Å². The van der Waals surface area contributed by atoms with Gasteiger partial charge in [-0.1, -0.05) is 69.3 Å². The van der Waals surface area contributed by atoms with Gasteiger partial charge in [-0.05, 0) is 78.9 Å². The Hall–Kier alpha value is -2.52.